The van der Waals surface area contributed by atoms with Crippen molar-refractivity contribution < 1.29 is 24.5 Å². The summed E-state index contributed by atoms with van der Waals surface area (Å²) in [4.78, 5) is 27.8. The Labute approximate surface area is 194 Å². The summed E-state index contributed by atoms with van der Waals surface area (Å²) in [5.74, 6) is -0.743. The number of hydrogen-bond acceptors (Lipinski definition) is 5. The van der Waals surface area contributed by atoms with Crippen molar-refractivity contribution in [2.45, 2.75) is 64.0 Å². The maximum Gasteiger partial charge on any atom is 0.295 e. The number of unbranched alkanes of at least 4 members (excludes halogenated alkanes) is 2. The number of aliphatic hydroxyl groups excluding tert-OH is 1. The number of Topliss-reactive ketones (excluding diaryl/α,β-unsaturated/α-hetero) is 1. The Balaban J connectivity index is 1.69. The molecule has 2 fully saturated rings. The molecule has 1 amide bonds. The highest BCUT2D eigenvalue weighted by Gasteiger charge is 2.49. The molecule has 6 heteroatoms. The fourth-order valence-electron chi connectivity index (χ4n) is 4.84. The zero-order valence-electron chi connectivity index (χ0n) is 19.0. The minimum absolute atomic E-state index is 0.0501. The van der Waals surface area contributed by atoms with Gasteiger partial charge in [0.25, 0.3) is 11.7 Å². The van der Waals surface area contributed by atoms with Gasteiger partial charge in [-0.15, -0.1) is 0 Å². The molecular weight excluding hydrogens is 418 g/mol. The van der Waals surface area contributed by atoms with Gasteiger partial charge in [0.2, 0.25) is 0 Å². The molecule has 174 valence electrons. The van der Waals surface area contributed by atoms with Gasteiger partial charge in [0.15, 0.2) is 0 Å². The number of ether oxygens (including phenoxy) is 1. The number of nitrogens with zero attached hydrogens (tertiary/aromatic N) is 1. The van der Waals surface area contributed by atoms with Crippen LogP contribution in [0.15, 0.2) is 54.1 Å². The number of carbonyl (C=O) groups excluding carboxylic acids is 2. The quantitative estimate of drug-likeness (QED) is 0.246. The fourth-order valence-corrected chi connectivity index (χ4v) is 4.84. The number of aromatic hydroxyl groups is 1. The molecule has 0 bridgehead atoms. The lowest BCUT2D eigenvalue weighted by atomic mass is 9.94. The third-order valence-electron chi connectivity index (χ3n) is 6.53. The number of benzene rings is 2. The first-order valence-electron chi connectivity index (χ1n) is 11.8. The van der Waals surface area contributed by atoms with Crippen LogP contribution in [0.4, 0.5) is 0 Å². The number of aliphatic hydroxyl groups is 1. The molecule has 2 N–H and O–H groups in total. The highest BCUT2D eigenvalue weighted by molar-refractivity contribution is 6.46. The zero-order valence-corrected chi connectivity index (χ0v) is 19.0. The van der Waals surface area contributed by atoms with Crippen LogP contribution in [0.25, 0.3) is 5.76 Å². The summed E-state index contributed by atoms with van der Waals surface area (Å²) in [5.41, 5.74) is 1.12. The largest absolute Gasteiger partial charge is 0.508 e. The Hall–Kier alpha value is -3.28. The first kappa shape index (κ1) is 22.9. The first-order valence-corrected chi connectivity index (χ1v) is 11.8. The summed E-state index contributed by atoms with van der Waals surface area (Å²) in [7, 11) is 0. The van der Waals surface area contributed by atoms with Crippen LogP contribution in [0.3, 0.4) is 0 Å². The van der Waals surface area contributed by atoms with Gasteiger partial charge in [0.05, 0.1) is 18.2 Å². The number of likely N-dealkylation sites (tertiary alicyclic amines) is 1. The summed E-state index contributed by atoms with van der Waals surface area (Å²) < 4.78 is 5.74. The van der Waals surface area contributed by atoms with E-state index in [0.29, 0.717) is 23.5 Å². The summed E-state index contributed by atoms with van der Waals surface area (Å²) in [6.45, 7) is 2.77. The Morgan fingerprint density at radius 2 is 1.79 bits per heavy atom. The second-order valence-electron chi connectivity index (χ2n) is 8.82. The van der Waals surface area contributed by atoms with Crippen LogP contribution in [0.5, 0.6) is 11.5 Å². The van der Waals surface area contributed by atoms with Gasteiger partial charge in [-0.1, -0.05) is 44.7 Å². The molecule has 1 aliphatic heterocycles. The third-order valence-corrected chi connectivity index (χ3v) is 6.53. The SMILES string of the molecule is CCCCCOc1ccc(/C(O)=C2/C(=O)C(=O)N(C3CCCC3)C2c2cccc(O)c2)cc1. The molecule has 1 aliphatic carbocycles. The first-order chi connectivity index (χ1) is 16.0. The van der Waals surface area contributed by atoms with E-state index in [0.717, 1.165) is 44.9 Å². The van der Waals surface area contributed by atoms with E-state index in [2.05, 4.69) is 6.92 Å². The van der Waals surface area contributed by atoms with Crippen LogP contribution >= 0.6 is 0 Å². The Morgan fingerprint density at radius 3 is 2.45 bits per heavy atom. The van der Waals surface area contributed by atoms with Crippen molar-refractivity contribution in [3.63, 3.8) is 0 Å². The highest BCUT2D eigenvalue weighted by Crippen LogP contribution is 2.44. The van der Waals surface area contributed by atoms with E-state index >= 15 is 0 Å². The summed E-state index contributed by atoms with van der Waals surface area (Å²) >= 11 is 0. The molecule has 0 radical (unpaired) electrons. The van der Waals surface area contributed by atoms with Crippen LogP contribution < -0.4 is 4.74 Å². The zero-order chi connectivity index (χ0) is 23.4. The van der Waals surface area contributed by atoms with E-state index in [1.54, 1.807) is 53.4 Å². The number of hydrogen-bond donors (Lipinski definition) is 2. The van der Waals surface area contributed by atoms with Crippen LogP contribution in [-0.2, 0) is 9.59 Å². The average Bonchev–Trinajstić information content (AvgIpc) is 3.43. The molecular formula is C27H31NO5. The van der Waals surface area contributed by atoms with E-state index in [1.165, 1.54) is 0 Å². The van der Waals surface area contributed by atoms with E-state index in [4.69, 9.17) is 4.74 Å². The topological polar surface area (TPSA) is 87.1 Å². The van der Waals surface area contributed by atoms with Gasteiger partial charge in [-0.05, 0) is 61.2 Å². The van der Waals surface area contributed by atoms with Gasteiger partial charge in [0, 0.05) is 11.6 Å². The molecule has 6 nitrogen and oxygen atoms in total. The minimum atomic E-state index is -0.731. The molecule has 0 aromatic heterocycles. The number of phenols is 1. The van der Waals surface area contributed by atoms with Gasteiger partial charge in [-0.25, -0.2) is 0 Å². The number of phenolic OH excluding ortho intramolecular Hbond substituents is 1. The molecule has 1 unspecified atom stereocenters. The molecule has 33 heavy (non-hydrogen) atoms. The fraction of sp³-hybridized carbons (Fsp3) is 0.407. The van der Waals surface area contributed by atoms with Gasteiger partial charge in [-0.2, -0.15) is 0 Å². The monoisotopic (exact) mass is 449 g/mol. The number of amides is 1. The minimum Gasteiger partial charge on any atom is -0.508 e. The van der Waals surface area contributed by atoms with Crippen LogP contribution in [0.2, 0.25) is 0 Å². The normalized spacial score (nSPS) is 20.5. The van der Waals surface area contributed by atoms with Crippen LogP contribution in [-0.4, -0.2) is 39.5 Å². The van der Waals surface area contributed by atoms with Gasteiger partial charge < -0.3 is 19.8 Å². The Kier molecular flexibility index (Phi) is 7.02. The molecule has 2 aliphatic rings. The molecule has 0 spiro atoms. The lowest BCUT2D eigenvalue weighted by molar-refractivity contribution is -0.141. The second kappa shape index (κ2) is 10.1. The standard InChI is InChI=1S/C27H31NO5/c1-2-3-6-16-33-22-14-12-18(13-15-22)25(30)23-24(19-8-7-11-21(29)17-19)28(27(32)26(23)31)20-9-4-5-10-20/h7-8,11-15,17,20,24,29-30H,2-6,9-10,16H2,1H3/b25-23-. The third kappa shape index (κ3) is 4.75. The molecule has 1 heterocycles. The van der Waals surface area contributed by atoms with Crippen molar-refractivity contribution in [3.05, 3.63) is 65.2 Å². The van der Waals surface area contributed by atoms with E-state index in [1.807, 2.05) is 0 Å². The van der Waals surface area contributed by atoms with Gasteiger partial charge in [0.1, 0.15) is 17.3 Å². The molecule has 1 saturated heterocycles. The second-order valence-corrected chi connectivity index (χ2v) is 8.82. The number of rotatable bonds is 8. The van der Waals surface area contributed by atoms with Crippen LogP contribution in [0, 0.1) is 0 Å². The van der Waals surface area contributed by atoms with Crippen molar-refractivity contribution in [2.24, 2.45) is 0 Å². The average molecular weight is 450 g/mol. The Morgan fingerprint density at radius 1 is 1.06 bits per heavy atom. The van der Waals surface area contributed by atoms with Crippen LogP contribution in [0.1, 0.15) is 69.0 Å². The van der Waals surface area contributed by atoms with Crippen molar-refractivity contribution >= 4 is 17.4 Å². The Bertz CT molecular complexity index is 1040. The molecule has 2 aromatic carbocycles. The predicted molar refractivity (Wildman–Crippen MR) is 126 cm³/mol. The molecule has 2 aromatic rings. The van der Waals surface area contributed by atoms with Crippen molar-refractivity contribution in [2.75, 3.05) is 6.61 Å². The predicted octanol–water partition coefficient (Wildman–Crippen LogP) is 5.33. The molecule has 4 rings (SSSR count). The number of carbonyl (C=O) groups is 2. The van der Waals surface area contributed by atoms with E-state index < -0.39 is 17.7 Å². The maximum absolute atomic E-state index is 13.1. The van der Waals surface area contributed by atoms with Gasteiger partial charge in [-0.3, -0.25) is 9.59 Å². The van der Waals surface area contributed by atoms with Crippen molar-refractivity contribution in [3.8, 4) is 11.5 Å². The lowest BCUT2D eigenvalue weighted by Gasteiger charge is -2.30. The van der Waals surface area contributed by atoms with E-state index in [-0.39, 0.29) is 23.1 Å². The summed E-state index contributed by atoms with van der Waals surface area (Å²) in [6, 6.07) is 12.7. The van der Waals surface area contributed by atoms with Crippen molar-refractivity contribution in [1.29, 1.82) is 0 Å². The molecule has 1 atom stereocenters. The molecule has 1 saturated carbocycles. The van der Waals surface area contributed by atoms with Crippen molar-refractivity contribution in [1.82, 2.24) is 4.90 Å². The lowest BCUT2D eigenvalue weighted by Crippen LogP contribution is -2.37. The van der Waals surface area contributed by atoms with Gasteiger partial charge >= 0.3 is 0 Å². The number of ketones is 1. The maximum atomic E-state index is 13.1. The summed E-state index contributed by atoms with van der Waals surface area (Å²) in [6.07, 6.45) is 6.86. The van der Waals surface area contributed by atoms with E-state index in [9.17, 15) is 19.8 Å². The summed E-state index contributed by atoms with van der Waals surface area (Å²) in [5, 5.41) is 21.2. The smallest absolute Gasteiger partial charge is 0.295 e. The highest BCUT2D eigenvalue weighted by atomic mass is 16.5.